The van der Waals surface area contributed by atoms with Gasteiger partial charge >= 0.3 is 0 Å². The van der Waals surface area contributed by atoms with Crippen molar-refractivity contribution in [3.05, 3.63) is 64.2 Å². The van der Waals surface area contributed by atoms with Crippen LogP contribution in [0.5, 0.6) is 0 Å². The third kappa shape index (κ3) is 3.81. The molecule has 2 atom stereocenters. The summed E-state index contributed by atoms with van der Waals surface area (Å²) >= 11 is 6.18. The number of rotatable bonds is 4. The van der Waals surface area contributed by atoms with Gasteiger partial charge in [0.1, 0.15) is 0 Å². The first-order chi connectivity index (χ1) is 13.1. The van der Waals surface area contributed by atoms with Crippen molar-refractivity contribution in [2.75, 3.05) is 38.6 Å². The van der Waals surface area contributed by atoms with Crippen LogP contribution in [0, 0.1) is 0 Å². The van der Waals surface area contributed by atoms with Crippen molar-refractivity contribution in [1.82, 2.24) is 10.2 Å². The van der Waals surface area contributed by atoms with Gasteiger partial charge in [-0.15, -0.1) is 0 Å². The first kappa shape index (κ1) is 18.3. The molecular weight excluding hydrogens is 362 g/mol. The summed E-state index contributed by atoms with van der Waals surface area (Å²) in [6.45, 7) is 4.28. The summed E-state index contributed by atoms with van der Waals surface area (Å²) in [7, 11) is 0. The predicted octanol–water partition coefficient (Wildman–Crippen LogP) is 2.95. The molecule has 6 heteroatoms. The van der Waals surface area contributed by atoms with Crippen molar-refractivity contribution in [2.24, 2.45) is 0 Å². The Balaban J connectivity index is 1.62. The summed E-state index contributed by atoms with van der Waals surface area (Å²) in [5.41, 5.74) is 9.84. The minimum atomic E-state index is -0.271. The summed E-state index contributed by atoms with van der Waals surface area (Å²) < 4.78 is 5.41. The minimum absolute atomic E-state index is 0.0475. The fourth-order valence-corrected chi connectivity index (χ4v) is 4.20. The quantitative estimate of drug-likeness (QED) is 0.794. The summed E-state index contributed by atoms with van der Waals surface area (Å²) in [5.74, 6) is -0.105. The lowest BCUT2D eigenvalue weighted by molar-refractivity contribution is -0.124. The molecule has 2 aliphatic heterocycles. The molecule has 3 N–H and O–H groups in total. The summed E-state index contributed by atoms with van der Waals surface area (Å²) in [4.78, 5) is 15.3. The maximum Gasteiger partial charge on any atom is 0.228 e. The van der Waals surface area contributed by atoms with Crippen LogP contribution in [-0.2, 0) is 9.53 Å². The van der Waals surface area contributed by atoms with Gasteiger partial charge in [0.2, 0.25) is 5.91 Å². The highest BCUT2D eigenvalue weighted by Crippen LogP contribution is 2.38. The second kappa shape index (κ2) is 7.89. The number of carbonyl (C=O) groups is 1. The van der Waals surface area contributed by atoms with Gasteiger partial charge in [-0.3, -0.25) is 9.69 Å². The average Bonchev–Trinajstić information content (AvgIpc) is 2.69. The number of hydrogen-bond donors (Lipinski definition) is 2. The predicted molar refractivity (Wildman–Crippen MR) is 107 cm³/mol. The van der Waals surface area contributed by atoms with Gasteiger partial charge in [0.25, 0.3) is 0 Å². The van der Waals surface area contributed by atoms with E-state index < -0.39 is 0 Å². The molecule has 4 rings (SSSR count). The summed E-state index contributed by atoms with van der Waals surface area (Å²) in [6.07, 6.45) is 0.792. The van der Waals surface area contributed by atoms with Crippen molar-refractivity contribution in [3.8, 4) is 0 Å². The number of nitrogens with two attached hydrogens (primary N) is 1. The van der Waals surface area contributed by atoms with Gasteiger partial charge in [-0.1, -0.05) is 35.9 Å². The standard InChI is InChI=1S/C21H24ClN3O2/c22-14-5-6-19(23)18(13-14)20-16-4-2-1-3-15(16)17(21(26)24-20)7-8-25-9-11-27-12-10-25/h1-6,13,17,20H,7-12,23H2,(H,24,26). The van der Waals surface area contributed by atoms with E-state index in [2.05, 4.69) is 22.3 Å². The second-order valence-electron chi connectivity index (χ2n) is 7.14. The van der Waals surface area contributed by atoms with Crippen LogP contribution in [0.25, 0.3) is 0 Å². The first-order valence-corrected chi connectivity index (χ1v) is 9.75. The van der Waals surface area contributed by atoms with E-state index >= 15 is 0 Å². The number of anilines is 1. The molecule has 0 radical (unpaired) electrons. The normalized spacial score (nSPS) is 22.9. The Morgan fingerprint density at radius 2 is 1.85 bits per heavy atom. The number of halogens is 1. The molecule has 142 valence electrons. The SMILES string of the molecule is Nc1ccc(Cl)cc1C1NC(=O)C(CCN2CCOCC2)c2ccccc21. The monoisotopic (exact) mass is 385 g/mol. The van der Waals surface area contributed by atoms with Crippen LogP contribution in [0.15, 0.2) is 42.5 Å². The number of fused-ring (bicyclic) bond motifs is 1. The van der Waals surface area contributed by atoms with Crippen LogP contribution in [0.4, 0.5) is 5.69 Å². The van der Waals surface area contributed by atoms with Gasteiger partial charge in [-0.2, -0.15) is 0 Å². The van der Waals surface area contributed by atoms with Crippen LogP contribution >= 0.6 is 11.6 Å². The van der Waals surface area contributed by atoms with E-state index in [0.717, 1.165) is 56.0 Å². The molecule has 2 aromatic rings. The van der Waals surface area contributed by atoms with E-state index in [1.807, 2.05) is 18.2 Å². The minimum Gasteiger partial charge on any atom is -0.398 e. The van der Waals surface area contributed by atoms with Crippen LogP contribution in [0.1, 0.15) is 35.1 Å². The van der Waals surface area contributed by atoms with Crippen molar-refractivity contribution >= 4 is 23.2 Å². The number of benzene rings is 2. The number of ether oxygens (including phenoxy) is 1. The van der Waals surface area contributed by atoms with Gasteiger partial charge in [-0.05, 0) is 42.3 Å². The number of morpholine rings is 1. The highest BCUT2D eigenvalue weighted by Gasteiger charge is 2.34. The molecule has 2 heterocycles. The number of nitrogen functional groups attached to an aromatic ring is 1. The van der Waals surface area contributed by atoms with Gasteiger partial charge in [-0.25, -0.2) is 0 Å². The lowest BCUT2D eigenvalue weighted by atomic mass is 9.81. The van der Waals surface area contributed by atoms with E-state index in [9.17, 15) is 4.79 Å². The van der Waals surface area contributed by atoms with E-state index in [1.54, 1.807) is 12.1 Å². The topological polar surface area (TPSA) is 67.6 Å². The Hall–Kier alpha value is -2.08. The zero-order valence-corrected chi connectivity index (χ0v) is 15.9. The van der Waals surface area contributed by atoms with Gasteiger partial charge in [0.15, 0.2) is 0 Å². The molecule has 1 saturated heterocycles. The molecule has 27 heavy (non-hydrogen) atoms. The molecule has 2 aromatic carbocycles. The van der Waals surface area contributed by atoms with Crippen molar-refractivity contribution in [3.63, 3.8) is 0 Å². The molecule has 2 unspecified atom stereocenters. The Morgan fingerprint density at radius 1 is 1.11 bits per heavy atom. The average molecular weight is 386 g/mol. The van der Waals surface area contributed by atoms with Crippen molar-refractivity contribution < 1.29 is 9.53 Å². The Bertz CT molecular complexity index is 836. The maximum absolute atomic E-state index is 13.0. The third-order valence-electron chi connectivity index (χ3n) is 5.48. The van der Waals surface area contributed by atoms with Crippen LogP contribution in [0.2, 0.25) is 5.02 Å². The molecule has 1 fully saturated rings. The number of amides is 1. The number of nitrogens with zero attached hydrogens (tertiary/aromatic N) is 1. The third-order valence-corrected chi connectivity index (χ3v) is 5.72. The molecule has 0 aromatic heterocycles. The zero-order valence-electron chi connectivity index (χ0n) is 15.2. The van der Waals surface area contributed by atoms with E-state index in [0.29, 0.717) is 10.7 Å². The van der Waals surface area contributed by atoms with Crippen LogP contribution < -0.4 is 11.1 Å². The lowest BCUT2D eigenvalue weighted by Gasteiger charge is -2.34. The summed E-state index contributed by atoms with van der Waals surface area (Å²) in [5, 5.41) is 3.79. The van der Waals surface area contributed by atoms with Gasteiger partial charge < -0.3 is 15.8 Å². The molecule has 0 saturated carbocycles. The Labute approximate surface area is 164 Å². The molecular formula is C21H24ClN3O2. The molecule has 1 amide bonds. The molecule has 2 aliphatic rings. The van der Waals surface area contributed by atoms with Gasteiger partial charge in [0.05, 0.1) is 25.2 Å². The Morgan fingerprint density at radius 3 is 2.63 bits per heavy atom. The summed E-state index contributed by atoms with van der Waals surface area (Å²) in [6, 6.07) is 13.3. The maximum atomic E-state index is 13.0. The largest absolute Gasteiger partial charge is 0.398 e. The van der Waals surface area contributed by atoms with Crippen molar-refractivity contribution in [2.45, 2.75) is 18.4 Å². The van der Waals surface area contributed by atoms with E-state index in [1.165, 1.54) is 0 Å². The molecule has 5 nitrogen and oxygen atoms in total. The molecule has 0 spiro atoms. The smallest absolute Gasteiger partial charge is 0.228 e. The van der Waals surface area contributed by atoms with Crippen molar-refractivity contribution in [1.29, 1.82) is 0 Å². The van der Waals surface area contributed by atoms with Crippen LogP contribution in [0.3, 0.4) is 0 Å². The number of carbonyl (C=O) groups excluding carboxylic acids is 1. The van der Waals surface area contributed by atoms with Gasteiger partial charge in [0, 0.05) is 29.4 Å². The fraction of sp³-hybridized carbons (Fsp3) is 0.381. The molecule has 0 aliphatic carbocycles. The van der Waals surface area contributed by atoms with E-state index in [-0.39, 0.29) is 17.9 Å². The second-order valence-corrected chi connectivity index (χ2v) is 7.58. The number of nitrogens with one attached hydrogen (secondary N) is 1. The van der Waals surface area contributed by atoms with Crippen LogP contribution in [-0.4, -0.2) is 43.7 Å². The fourth-order valence-electron chi connectivity index (χ4n) is 4.02. The lowest BCUT2D eigenvalue weighted by Crippen LogP contribution is -2.42. The molecule has 0 bridgehead atoms. The highest BCUT2D eigenvalue weighted by molar-refractivity contribution is 6.30. The highest BCUT2D eigenvalue weighted by atomic mass is 35.5. The first-order valence-electron chi connectivity index (χ1n) is 9.37. The van der Waals surface area contributed by atoms with E-state index in [4.69, 9.17) is 22.1 Å². The number of hydrogen-bond acceptors (Lipinski definition) is 4. The zero-order chi connectivity index (χ0) is 18.8. The Kier molecular flexibility index (Phi) is 5.34.